The molecule has 0 saturated carbocycles. The second-order valence-electron chi connectivity index (χ2n) is 8.40. The third-order valence-corrected chi connectivity index (χ3v) is 7.11. The number of fused-ring (bicyclic) bond motifs is 1. The molecule has 1 N–H and O–H groups in total. The van der Waals surface area contributed by atoms with Gasteiger partial charge in [-0.2, -0.15) is 10.5 Å². The number of nitrogens with one attached hydrogen (secondary N) is 1. The van der Waals surface area contributed by atoms with E-state index in [9.17, 15) is 5.26 Å². The first kappa shape index (κ1) is 22.5. The van der Waals surface area contributed by atoms with Gasteiger partial charge in [0.05, 0.1) is 34.8 Å². The number of benzene rings is 4. The maximum atomic E-state index is 9.91. The fourth-order valence-electron chi connectivity index (χ4n) is 4.43. The third kappa shape index (κ3) is 4.56. The second kappa shape index (κ2) is 9.91. The summed E-state index contributed by atoms with van der Waals surface area (Å²) in [6, 6.07) is 32.7. The van der Waals surface area contributed by atoms with Crippen LogP contribution in [0.15, 0.2) is 96.6 Å². The van der Waals surface area contributed by atoms with Gasteiger partial charge in [-0.15, -0.1) is 11.3 Å². The van der Waals surface area contributed by atoms with E-state index in [1.54, 1.807) is 11.3 Å². The molecule has 2 atom stereocenters. The standard InChI is InChI=1S/C30H22N4S/c1-20(22-11-9-21(16-31)10-12-22)34-30(29-18-33-19-35-29)24-13-14-25(17-32)28(15-24)27-8-4-6-23-5-2-3-7-26(23)27/h2-15,18-20,30,34H,1H3. The number of hydrogen-bond acceptors (Lipinski definition) is 5. The quantitative estimate of drug-likeness (QED) is 0.286. The van der Waals surface area contributed by atoms with Gasteiger partial charge in [0.25, 0.3) is 0 Å². The molecular weight excluding hydrogens is 448 g/mol. The van der Waals surface area contributed by atoms with E-state index in [2.05, 4.69) is 59.7 Å². The molecule has 4 nitrogen and oxygen atoms in total. The normalized spacial score (nSPS) is 12.5. The molecule has 168 valence electrons. The molecule has 0 amide bonds. The Balaban J connectivity index is 1.58. The molecule has 0 bridgehead atoms. The van der Waals surface area contributed by atoms with Crippen molar-refractivity contribution >= 4 is 22.1 Å². The predicted octanol–water partition coefficient (Wildman–Crippen LogP) is 7.15. The summed E-state index contributed by atoms with van der Waals surface area (Å²) >= 11 is 1.60. The lowest BCUT2D eigenvalue weighted by molar-refractivity contribution is 0.521. The molecule has 0 spiro atoms. The van der Waals surface area contributed by atoms with Gasteiger partial charge in [-0.3, -0.25) is 10.3 Å². The molecule has 35 heavy (non-hydrogen) atoms. The Morgan fingerprint density at radius 2 is 1.60 bits per heavy atom. The number of nitriles is 2. The summed E-state index contributed by atoms with van der Waals surface area (Å²) in [7, 11) is 0. The van der Waals surface area contributed by atoms with Crippen molar-refractivity contribution in [3.05, 3.63) is 124 Å². The summed E-state index contributed by atoms with van der Waals surface area (Å²) in [5.41, 5.74) is 7.26. The molecule has 2 unspecified atom stereocenters. The van der Waals surface area contributed by atoms with Gasteiger partial charge in [0.15, 0.2) is 0 Å². The van der Waals surface area contributed by atoms with Crippen LogP contribution in [0.4, 0.5) is 0 Å². The lowest BCUT2D eigenvalue weighted by Crippen LogP contribution is -2.25. The average molecular weight is 471 g/mol. The zero-order valence-corrected chi connectivity index (χ0v) is 20.0. The third-order valence-electron chi connectivity index (χ3n) is 6.27. The molecule has 0 aliphatic rings. The summed E-state index contributed by atoms with van der Waals surface area (Å²) in [6.45, 7) is 2.12. The van der Waals surface area contributed by atoms with Crippen molar-refractivity contribution in [1.82, 2.24) is 10.3 Å². The van der Waals surface area contributed by atoms with Crippen LogP contribution < -0.4 is 5.32 Å². The molecule has 0 aliphatic carbocycles. The summed E-state index contributed by atoms with van der Waals surface area (Å²) in [5, 5.41) is 25.0. The van der Waals surface area contributed by atoms with Gasteiger partial charge in [-0.05, 0) is 58.7 Å². The lowest BCUT2D eigenvalue weighted by Gasteiger charge is -2.24. The number of rotatable bonds is 6. The monoisotopic (exact) mass is 470 g/mol. The average Bonchev–Trinajstić information content (AvgIpc) is 3.46. The Kier molecular flexibility index (Phi) is 6.37. The SMILES string of the molecule is CC(NC(c1ccc(C#N)c(-c2cccc3ccccc23)c1)c1cncs1)c1ccc(C#N)cc1. The summed E-state index contributed by atoms with van der Waals surface area (Å²) in [4.78, 5) is 5.41. The summed E-state index contributed by atoms with van der Waals surface area (Å²) < 4.78 is 0. The second-order valence-corrected chi connectivity index (χ2v) is 9.32. The van der Waals surface area contributed by atoms with Crippen molar-refractivity contribution < 1.29 is 0 Å². The van der Waals surface area contributed by atoms with E-state index in [4.69, 9.17) is 5.26 Å². The molecule has 4 aromatic carbocycles. The van der Waals surface area contributed by atoms with E-state index in [1.807, 2.05) is 66.3 Å². The van der Waals surface area contributed by atoms with E-state index in [-0.39, 0.29) is 12.1 Å². The Morgan fingerprint density at radius 3 is 2.34 bits per heavy atom. The van der Waals surface area contributed by atoms with Crippen LogP contribution in [0.25, 0.3) is 21.9 Å². The van der Waals surface area contributed by atoms with Crippen LogP contribution in [0, 0.1) is 22.7 Å². The number of aromatic nitrogens is 1. The van der Waals surface area contributed by atoms with Crippen LogP contribution in [0.5, 0.6) is 0 Å². The fourth-order valence-corrected chi connectivity index (χ4v) is 5.13. The van der Waals surface area contributed by atoms with Crippen LogP contribution in [0.2, 0.25) is 0 Å². The first-order valence-corrected chi connectivity index (χ1v) is 12.2. The first-order chi connectivity index (χ1) is 17.2. The Bertz CT molecular complexity index is 1550. The number of nitrogens with zero attached hydrogens (tertiary/aromatic N) is 3. The highest BCUT2D eigenvalue weighted by atomic mass is 32.1. The minimum atomic E-state index is -0.102. The van der Waals surface area contributed by atoms with E-state index >= 15 is 0 Å². The lowest BCUT2D eigenvalue weighted by atomic mass is 9.91. The molecule has 0 radical (unpaired) electrons. The molecule has 1 heterocycles. The first-order valence-electron chi connectivity index (χ1n) is 11.3. The van der Waals surface area contributed by atoms with Crippen molar-refractivity contribution in [1.29, 1.82) is 10.5 Å². The van der Waals surface area contributed by atoms with E-state index < -0.39 is 0 Å². The van der Waals surface area contributed by atoms with Crippen LogP contribution >= 0.6 is 11.3 Å². The minimum Gasteiger partial charge on any atom is -0.299 e. The van der Waals surface area contributed by atoms with Crippen LogP contribution in [-0.2, 0) is 0 Å². The minimum absolute atomic E-state index is 0.0338. The largest absolute Gasteiger partial charge is 0.299 e. The molecular formula is C30H22N4S. The molecule has 5 aromatic rings. The van der Waals surface area contributed by atoms with Crippen LogP contribution in [0.1, 0.15) is 46.1 Å². The zero-order valence-electron chi connectivity index (χ0n) is 19.1. The highest BCUT2D eigenvalue weighted by Gasteiger charge is 2.21. The Labute approximate surface area is 208 Å². The molecule has 0 fully saturated rings. The van der Waals surface area contributed by atoms with Gasteiger partial charge >= 0.3 is 0 Å². The fraction of sp³-hybridized carbons (Fsp3) is 0.100. The highest BCUT2D eigenvalue weighted by Crippen LogP contribution is 2.35. The van der Waals surface area contributed by atoms with Gasteiger partial charge in [0, 0.05) is 22.7 Å². The molecule has 1 aromatic heterocycles. The van der Waals surface area contributed by atoms with Crippen molar-refractivity contribution in [3.8, 4) is 23.3 Å². The number of hydrogen-bond donors (Lipinski definition) is 1. The zero-order chi connectivity index (χ0) is 24.2. The van der Waals surface area contributed by atoms with Gasteiger partial charge in [-0.25, -0.2) is 0 Å². The molecule has 5 heteroatoms. The summed E-state index contributed by atoms with van der Waals surface area (Å²) in [6.07, 6.45) is 1.89. The van der Waals surface area contributed by atoms with Gasteiger partial charge in [-0.1, -0.05) is 60.7 Å². The maximum absolute atomic E-state index is 9.91. The topological polar surface area (TPSA) is 72.5 Å². The molecule has 5 rings (SSSR count). The van der Waals surface area contributed by atoms with E-state index in [1.165, 1.54) is 0 Å². The van der Waals surface area contributed by atoms with Crippen LogP contribution in [0.3, 0.4) is 0 Å². The molecule has 0 saturated heterocycles. The summed E-state index contributed by atoms with van der Waals surface area (Å²) in [5.74, 6) is 0. The van der Waals surface area contributed by atoms with Crippen molar-refractivity contribution in [2.75, 3.05) is 0 Å². The van der Waals surface area contributed by atoms with Crippen molar-refractivity contribution in [3.63, 3.8) is 0 Å². The predicted molar refractivity (Wildman–Crippen MR) is 141 cm³/mol. The highest BCUT2D eigenvalue weighted by molar-refractivity contribution is 7.09. The van der Waals surface area contributed by atoms with Crippen LogP contribution in [-0.4, -0.2) is 4.98 Å². The maximum Gasteiger partial charge on any atom is 0.0998 e. The van der Waals surface area contributed by atoms with Crippen molar-refractivity contribution in [2.24, 2.45) is 0 Å². The van der Waals surface area contributed by atoms with Gasteiger partial charge < -0.3 is 0 Å². The Morgan fingerprint density at radius 1 is 0.829 bits per heavy atom. The van der Waals surface area contributed by atoms with E-state index in [0.717, 1.165) is 37.9 Å². The van der Waals surface area contributed by atoms with Crippen molar-refractivity contribution in [2.45, 2.75) is 19.0 Å². The Hall–Kier alpha value is -4.29. The van der Waals surface area contributed by atoms with Gasteiger partial charge in [0.1, 0.15) is 0 Å². The van der Waals surface area contributed by atoms with Gasteiger partial charge in [0.2, 0.25) is 0 Å². The number of thiazole rings is 1. The molecule has 0 aliphatic heterocycles. The smallest absolute Gasteiger partial charge is 0.0998 e. The van der Waals surface area contributed by atoms with E-state index in [0.29, 0.717) is 11.1 Å².